The first kappa shape index (κ1) is 13.4. The Hall–Kier alpha value is -2.06. The fourth-order valence-corrected chi connectivity index (χ4v) is 1.67. The molecule has 0 radical (unpaired) electrons. The summed E-state index contributed by atoms with van der Waals surface area (Å²) >= 11 is 5.62. The zero-order chi connectivity index (χ0) is 13.7. The van der Waals surface area contributed by atoms with Crippen molar-refractivity contribution in [3.8, 4) is 5.75 Å². The van der Waals surface area contributed by atoms with E-state index in [2.05, 4.69) is 6.58 Å². The monoisotopic (exact) mass is 272 g/mol. The predicted molar refractivity (Wildman–Crippen MR) is 76.8 cm³/mol. The fraction of sp³-hybridized carbons (Fsp3) is 0.0625. The molecule has 0 aliphatic rings. The smallest absolute Gasteiger partial charge is 0.193 e. The molecular formula is C16H13ClO2. The van der Waals surface area contributed by atoms with Crippen molar-refractivity contribution >= 4 is 17.4 Å². The Morgan fingerprint density at radius 2 is 1.58 bits per heavy atom. The summed E-state index contributed by atoms with van der Waals surface area (Å²) in [5, 5.41) is 0.435. The summed E-state index contributed by atoms with van der Waals surface area (Å²) in [6, 6.07) is 16.1. The number of carbonyl (C=O) groups excluding carboxylic acids is 1. The second-order valence-electron chi connectivity index (χ2n) is 4.03. The summed E-state index contributed by atoms with van der Waals surface area (Å²) < 4.78 is 5.37. The molecule has 0 fully saturated rings. The van der Waals surface area contributed by atoms with Gasteiger partial charge in [-0.3, -0.25) is 4.79 Å². The van der Waals surface area contributed by atoms with Gasteiger partial charge in [-0.1, -0.05) is 48.5 Å². The minimum atomic E-state index is -0.00565. The maximum atomic E-state index is 12.1. The molecule has 3 heteroatoms. The molecule has 0 bridgehead atoms. The Kier molecular flexibility index (Phi) is 4.37. The summed E-state index contributed by atoms with van der Waals surface area (Å²) in [6.07, 6.45) is 0. The van der Waals surface area contributed by atoms with Crippen LogP contribution >= 0.6 is 11.6 Å². The van der Waals surface area contributed by atoms with Gasteiger partial charge in [0, 0.05) is 16.2 Å². The SMILES string of the molecule is C=C(Cl)COc1ccc(C(=O)c2ccccc2)cc1. The van der Waals surface area contributed by atoms with E-state index in [1.807, 2.05) is 18.2 Å². The van der Waals surface area contributed by atoms with Crippen LogP contribution in [0.25, 0.3) is 0 Å². The van der Waals surface area contributed by atoms with Crippen molar-refractivity contribution in [2.24, 2.45) is 0 Å². The van der Waals surface area contributed by atoms with Crippen molar-refractivity contribution < 1.29 is 9.53 Å². The lowest BCUT2D eigenvalue weighted by molar-refractivity contribution is 0.103. The summed E-state index contributed by atoms with van der Waals surface area (Å²) in [6.45, 7) is 3.80. The second kappa shape index (κ2) is 6.21. The van der Waals surface area contributed by atoms with Crippen LogP contribution in [-0.2, 0) is 0 Å². The van der Waals surface area contributed by atoms with Gasteiger partial charge in [0.2, 0.25) is 0 Å². The third-order valence-corrected chi connectivity index (χ3v) is 2.66. The molecule has 0 aromatic heterocycles. The maximum absolute atomic E-state index is 12.1. The van der Waals surface area contributed by atoms with E-state index in [9.17, 15) is 4.79 Å². The Bertz CT molecular complexity index is 573. The molecule has 2 rings (SSSR count). The molecule has 2 aromatic carbocycles. The molecule has 0 spiro atoms. The highest BCUT2D eigenvalue weighted by atomic mass is 35.5. The molecule has 96 valence electrons. The van der Waals surface area contributed by atoms with E-state index in [4.69, 9.17) is 16.3 Å². The largest absolute Gasteiger partial charge is 0.488 e. The van der Waals surface area contributed by atoms with Gasteiger partial charge in [-0.2, -0.15) is 0 Å². The molecule has 0 aliphatic heterocycles. The number of benzene rings is 2. The molecule has 0 amide bonds. The molecule has 19 heavy (non-hydrogen) atoms. The number of halogens is 1. The van der Waals surface area contributed by atoms with Gasteiger partial charge in [0.05, 0.1) is 0 Å². The predicted octanol–water partition coefficient (Wildman–Crippen LogP) is 4.05. The van der Waals surface area contributed by atoms with Crippen LogP contribution in [-0.4, -0.2) is 12.4 Å². The minimum absolute atomic E-state index is 0.00565. The number of rotatable bonds is 5. The zero-order valence-corrected chi connectivity index (χ0v) is 11.1. The molecule has 0 saturated heterocycles. The van der Waals surface area contributed by atoms with E-state index >= 15 is 0 Å². The minimum Gasteiger partial charge on any atom is -0.488 e. The molecular weight excluding hydrogens is 260 g/mol. The van der Waals surface area contributed by atoms with Gasteiger partial charge in [-0.05, 0) is 24.3 Å². The molecule has 2 aromatic rings. The van der Waals surface area contributed by atoms with Crippen molar-refractivity contribution in [2.75, 3.05) is 6.61 Å². The second-order valence-corrected chi connectivity index (χ2v) is 4.56. The van der Waals surface area contributed by atoms with Crippen molar-refractivity contribution in [2.45, 2.75) is 0 Å². The average molecular weight is 273 g/mol. The van der Waals surface area contributed by atoms with E-state index in [1.54, 1.807) is 36.4 Å². The lowest BCUT2D eigenvalue weighted by Gasteiger charge is -2.06. The Morgan fingerprint density at radius 1 is 1.00 bits per heavy atom. The number of ketones is 1. The molecule has 0 saturated carbocycles. The molecule has 0 unspecified atom stereocenters. The van der Waals surface area contributed by atoms with Gasteiger partial charge < -0.3 is 4.74 Å². The number of hydrogen-bond acceptors (Lipinski definition) is 2. The number of hydrogen-bond donors (Lipinski definition) is 0. The average Bonchev–Trinajstić information content (AvgIpc) is 2.46. The van der Waals surface area contributed by atoms with Crippen molar-refractivity contribution in [3.63, 3.8) is 0 Å². The summed E-state index contributed by atoms with van der Waals surface area (Å²) in [7, 11) is 0. The summed E-state index contributed by atoms with van der Waals surface area (Å²) in [5.41, 5.74) is 1.30. The maximum Gasteiger partial charge on any atom is 0.193 e. The van der Waals surface area contributed by atoms with Crippen molar-refractivity contribution in [1.82, 2.24) is 0 Å². The Balaban J connectivity index is 2.10. The van der Waals surface area contributed by atoms with Crippen LogP contribution in [0.5, 0.6) is 5.75 Å². The van der Waals surface area contributed by atoms with Gasteiger partial charge in [-0.15, -0.1) is 0 Å². The van der Waals surface area contributed by atoms with Crippen LogP contribution in [0.1, 0.15) is 15.9 Å². The quantitative estimate of drug-likeness (QED) is 0.768. The van der Waals surface area contributed by atoms with Gasteiger partial charge in [-0.25, -0.2) is 0 Å². The molecule has 0 N–H and O–H groups in total. The van der Waals surface area contributed by atoms with E-state index in [-0.39, 0.29) is 12.4 Å². The lowest BCUT2D eigenvalue weighted by Crippen LogP contribution is -2.01. The first-order valence-corrected chi connectivity index (χ1v) is 6.20. The van der Waals surface area contributed by atoms with Gasteiger partial charge in [0.15, 0.2) is 5.78 Å². The highest BCUT2D eigenvalue weighted by Crippen LogP contribution is 2.16. The van der Waals surface area contributed by atoms with Crippen molar-refractivity contribution in [3.05, 3.63) is 77.3 Å². The normalized spacial score (nSPS) is 9.95. The number of ether oxygens (including phenoxy) is 1. The van der Waals surface area contributed by atoms with E-state index < -0.39 is 0 Å². The first-order valence-electron chi connectivity index (χ1n) is 5.83. The highest BCUT2D eigenvalue weighted by Gasteiger charge is 2.08. The van der Waals surface area contributed by atoms with Gasteiger partial charge in [0.25, 0.3) is 0 Å². The van der Waals surface area contributed by atoms with Crippen LogP contribution in [0, 0.1) is 0 Å². The van der Waals surface area contributed by atoms with Crippen LogP contribution in [0.4, 0.5) is 0 Å². The third-order valence-electron chi connectivity index (χ3n) is 2.55. The topological polar surface area (TPSA) is 26.3 Å². The third kappa shape index (κ3) is 3.70. The molecule has 0 heterocycles. The highest BCUT2D eigenvalue weighted by molar-refractivity contribution is 6.29. The van der Waals surface area contributed by atoms with Crippen molar-refractivity contribution in [1.29, 1.82) is 0 Å². The molecule has 2 nitrogen and oxygen atoms in total. The summed E-state index contributed by atoms with van der Waals surface area (Å²) in [5.74, 6) is 0.653. The standard InChI is InChI=1S/C16H13ClO2/c1-12(17)11-19-15-9-7-14(8-10-15)16(18)13-5-3-2-4-6-13/h2-10H,1,11H2. The van der Waals surface area contributed by atoms with E-state index in [0.29, 0.717) is 21.9 Å². The Morgan fingerprint density at radius 3 is 2.16 bits per heavy atom. The number of carbonyl (C=O) groups is 1. The van der Waals surface area contributed by atoms with Gasteiger partial charge >= 0.3 is 0 Å². The van der Waals surface area contributed by atoms with E-state index in [1.165, 1.54) is 0 Å². The Labute approximate surface area is 117 Å². The van der Waals surface area contributed by atoms with Crippen LogP contribution in [0.2, 0.25) is 0 Å². The van der Waals surface area contributed by atoms with Crippen LogP contribution in [0.15, 0.2) is 66.2 Å². The molecule has 0 aliphatic carbocycles. The fourth-order valence-electron chi connectivity index (χ4n) is 1.62. The summed E-state index contributed by atoms with van der Waals surface area (Å²) in [4.78, 5) is 12.1. The zero-order valence-electron chi connectivity index (χ0n) is 10.3. The van der Waals surface area contributed by atoms with Crippen LogP contribution < -0.4 is 4.74 Å². The lowest BCUT2D eigenvalue weighted by atomic mass is 10.0. The first-order chi connectivity index (χ1) is 9.16. The van der Waals surface area contributed by atoms with Crippen LogP contribution in [0.3, 0.4) is 0 Å². The van der Waals surface area contributed by atoms with Gasteiger partial charge in [0.1, 0.15) is 12.4 Å². The molecule has 0 atom stereocenters. The van der Waals surface area contributed by atoms with E-state index in [0.717, 1.165) is 0 Å².